The molecule has 1 fully saturated rings. The second-order valence-electron chi connectivity index (χ2n) is 5.66. The smallest absolute Gasteiger partial charge is 0.331 e. The van der Waals surface area contributed by atoms with Crippen LogP contribution in [0.25, 0.3) is 0 Å². The highest BCUT2D eigenvalue weighted by molar-refractivity contribution is 5.87. The van der Waals surface area contributed by atoms with E-state index in [4.69, 9.17) is 5.11 Å². The lowest BCUT2D eigenvalue weighted by molar-refractivity contribution is -0.132. The highest BCUT2D eigenvalue weighted by atomic mass is 16.4. The average molecular weight is 293 g/mol. The summed E-state index contributed by atoms with van der Waals surface area (Å²) in [5.41, 5.74) is 3.97. The van der Waals surface area contributed by atoms with Crippen molar-refractivity contribution in [2.45, 2.75) is 13.0 Å². The van der Waals surface area contributed by atoms with Crippen LogP contribution < -0.4 is 0 Å². The summed E-state index contributed by atoms with van der Waals surface area (Å²) in [5.74, 6) is -0.814. The van der Waals surface area contributed by atoms with E-state index in [0.717, 1.165) is 5.57 Å². The number of benzene rings is 2. The molecule has 3 heteroatoms. The van der Waals surface area contributed by atoms with Gasteiger partial charge in [0.05, 0.1) is 6.04 Å². The van der Waals surface area contributed by atoms with Gasteiger partial charge in [-0.2, -0.15) is 0 Å². The molecule has 0 aliphatic carbocycles. The molecule has 1 aliphatic heterocycles. The van der Waals surface area contributed by atoms with Gasteiger partial charge in [0, 0.05) is 18.7 Å². The van der Waals surface area contributed by atoms with Gasteiger partial charge in [0.1, 0.15) is 0 Å². The van der Waals surface area contributed by atoms with E-state index < -0.39 is 5.97 Å². The molecule has 0 saturated carbocycles. The Morgan fingerprint density at radius 3 is 1.82 bits per heavy atom. The molecule has 1 heterocycles. The fourth-order valence-corrected chi connectivity index (χ4v) is 2.90. The summed E-state index contributed by atoms with van der Waals surface area (Å²) in [6.07, 6.45) is 0. The predicted octanol–water partition coefficient (Wildman–Crippen LogP) is 3.49. The zero-order valence-electron chi connectivity index (χ0n) is 12.6. The molecule has 2 aromatic rings. The van der Waals surface area contributed by atoms with E-state index in [1.807, 2.05) is 36.4 Å². The summed E-state index contributed by atoms with van der Waals surface area (Å²) in [7, 11) is 0. The first-order chi connectivity index (χ1) is 10.7. The van der Waals surface area contributed by atoms with E-state index in [-0.39, 0.29) is 6.04 Å². The van der Waals surface area contributed by atoms with E-state index >= 15 is 0 Å². The molecule has 0 atom stereocenters. The molecule has 0 unspecified atom stereocenters. The highest BCUT2D eigenvalue weighted by Gasteiger charge is 2.31. The van der Waals surface area contributed by atoms with Crippen LogP contribution in [-0.2, 0) is 4.79 Å². The topological polar surface area (TPSA) is 40.5 Å². The van der Waals surface area contributed by atoms with E-state index in [2.05, 4.69) is 29.2 Å². The summed E-state index contributed by atoms with van der Waals surface area (Å²) < 4.78 is 0. The molecule has 3 rings (SSSR count). The molecular weight excluding hydrogens is 274 g/mol. The lowest BCUT2D eigenvalue weighted by Gasteiger charge is -2.41. The Morgan fingerprint density at radius 2 is 1.41 bits per heavy atom. The number of hydrogen-bond donors (Lipinski definition) is 1. The van der Waals surface area contributed by atoms with Gasteiger partial charge in [0.15, 0.2) is 0 Å². The standard InChI is InChI=1S/C19H19NO2/c1-14(19(21)22)17-12-20(13-17)18(15-8-4-2-5-9-15)16-10-6-3-7-11-16/h2-11,18H,12-13H2,1H3,(H,21,22). The number of hydrogen-bond acceptors (Lipinski definition) is 2. The van der Waals surface area contributed by atoms with Gasteiger partial charge in [-0.15, -0.1) is 0 Å². The molecule has 1 saturated heterocycles. The molecule has 0 amide bonds. The molecule has 1 N–H and O–H groups in total. The molecule has 2 aromatic carbocycles. The van der Waals surface area contributed by atoms with Crippen molar-refractivity contribution in [1.29, 1.82) is 0 Å². The van der Waals surface area contributed by atoms with Crippen LogP contribution in [0.3, 0.4) is 0 Å². The minimum absolute atomic E-state index is 0.174. The average Bonchev–Trinajstić information content (AvgIpc) is 2.51. The van der Waals surface area contributed by atoms with Crippen LogP contribution >= 0.6 is 0 Å². The zero-order valence-corrected chi connectivity index (χ0v) is 12.6. The lowest BCUT2D eigenvalue weighted by atomic mass is 9.91. The molecule has 0 spiro atoms. The number of carbonyl (C=O) groups is 1. The van der Waals surface area contributed by atoms with Gasteiger partial charge in [0.25, 0.3) is 0 Å². The van der Waals surface area contributed by atoms with Crippen molar-refractivity contribution in [2.24, 2.45) is 0 Å². The number of nitrogens with zero attached hydrogens (tertiary/aromatic N) is 1. The molecule has 1 aliphatic rings. The quantitative estimate of drug-likeness (QED) is 0.877. The van der Waals surface area contributed by atoms with Crippen LogP contribution in [0, 0.1) is 0 Å². The molecular formula is C19H19NO2. The summed E-state index contributed by atoms with van der Waals surface area (Å²) in [5, 5.41) is 9.10. The SMILES string of the molecule is CC(C(=O)O)=C1CN(C(c2ccccc2)c2ccccc2)C1. The Balaban J connectivity index is 1.89. The van der Waals surface area contributed by atoms with Crippen molar-refractivity contribution in [3.05, 3.63) is 82.9 Å². The number of carboxylic acid groups (broad SMARTS) is 1. The Morgan fingerprint density at radius 1 is 0.955 bits per heavy atom. The maximum atomic E-state index is 11.1. The second-order valence-corrected chi connectivity index (χ2v) is 5.66. The van der Waals surface area contributed by atoms with E-state index in [1.165, 1.54) is 11.1 Å². The lowest BCUT2D eigenvalue weighted by Crippen LogP contribution is -2.44. The predicted molar refractivity (Wildman–Crippen MR) is 86.6 cm³/mol. The van der Waals surface area contributed by atoms with Gasteiger partial charge in [-0.1, -0.05) is 60.7 Å². The Hall–Kier alpha value is -2.39. The van der Waals surface area contributed by atoms with Gasteiger partial charge in [-0.3, -0.25) is 4.90 Å². The molecule has 112 valence electrons. The van der Waals surface area contributed by atoms with Crippen LogP contribution in [0.15, 0.2) is 71.8 Å². The van der Waals surface area contributed by atoms with Gasteiger partial charge in [-0.25, -0.2) is 4.79 Å². The maximum Gasteiger partial charge on any atom is 0.331 e. The minimum Gasteiger partial charge on any atom is -0.478 e. The van der Waals surface area contributed by atoms with Gasteiger partial charge < -0.3 is 5.11 Å². The van der Waals surface area contributed by atoms with Crippen molar-refractivity contribution in [1.82, 2.24) is 4.90 Å². The first-order valence-corrected chi connectivity index (χ1v) is 7.42. The van der Waals surface area contributed by atoms with Crippen LogP contribution in [0.2, 0.25) is 0 Å². The summed E-state index contributed by atoms with van der Waals surface area (Å²) in [4.78, 5) is 13.4. The van der Waals surface area contributed by atoms with Crippen molar-refractivity contribution in [2.75, 3.05) is 13.1 Å². The first-order valence-electron chi connectivity index (χ1n) is 7.42. The normalized spacial score (nSPS) is 14.7. The van der Waals surface area contributed by atoms with Crippen molar-refractivity contribution >= 4 is 5.97 Å². The van der Waals surface area contributed by atoms with Crippen molar-refractivity contribution in [3.8, 4) is 0 Å². The van der Waals surface area contributed by atoms with Crippen LogP contribution in [0.1, 0.15) is 24.1 Å². The summed E-state index contributed by atoms with van der Waals surface area (Å²) >= 11 is 0. The number of rotatable bonds is 4. The van der Waals surface area contributed by atoms with Crippen molar-refractivity contribution < 1.29 is 9.90 Å². The number of carboxylic acids is 1. The monoisotopic (exact) mass is 293 g/mol. The van der Waals surface area contributed by atoms with Crippen LogP contribution in [-0.4, -0.2) is 29.1 Å². The van der Waals surface area contributed by atoms with Crippen molar-refractivity contribution in [3.63, 3.8) is 0 Å². The van der Waals surface area contributed by atoms with E-state index in [1.54, 1.807) is 6.92 Å². The third-order valence-corrected chi connectivity index (χ3v) is 4.23. The molecule has 0 radical (unpaired) electrons. The maximum absolute atomic E-state index is 11.1. The fraction of sp³-hybridized carbons (Fsp3) is 0.211. The Labute approximate surface area is 130 Å². The Bertz CT molecular complexity index is 644. The van der Waals surface area contributed by atoms with E-state index in [0.29, 0.717) is 18.7 Å². The van der Waals surface area contributed by atoms with Gasteiger partial charge in [0.2, 0.25) is 0 Å². The zero-order chi connectivity index (χ0) is 15.5. The van der Waals surface area contributed by atoms with Crippen LogP contribution in [0.4, 0.5) is 0 Å². The molecule has 0 bridgehead atoms. The summed E-state index contributed by atoms with van der Waals surface area (Å²) in [6, 6.07) is 20.9. The highest BCUT2D eigenvalue weighted by Crippen LogP contribution is 2.34. The third-order valence-electron chi connectivity index (χ3n) is 4.23. The summed E-state index contributed by atoms with van der Waals surface area (Å²) in [6.45, 7) is 3.12. The molecule has 3 nitrogen and oxygen atoms in total. The Kier molecular flexibility index (Phi) is 4.07. The fourth-order valence-electron chi connectivity index (χ4n) is 2.90. The van der Waals surface area contributed by atoms with Gasteiger partial charge in [-0.05, 0) is 23.6 Å². The third kappa shape index (κ3) is 2.81. The van der Waals surface area contributed by atoms with E-state index in [9.17, 15) is 4.79 Å². The molecule has 22 heavy (non-hydrogen) atoms. The van der Waals surface area contributed by atoms with Gasteiger partial charge >= 0.3 is 5.97 Å². The molecule has 0 aromatic heterocycles. The van der Waals surface area contributed by atoms with Crippen LogP contribution in [0.5, 0.6) is 0 Å². The largest absolute Gasteiger partial charge is 0.478 e. The minimum atomic E-state index is -0.814. The first kappa shape index (κ1) is 14.5. The second kappa shape index (κ2) is 6.16. The number of likely N-dealkylation sites (tertiary alicyclic amines) is 1. The number of aliphatic carboxylic acids is 1.